The van der Waals surface area contributed by atoms with E-state index in [1.165, 1.54) is 4.90 Å². The number of anilines is 1. The van der Waals surface area contributed by atoms with E-state index in [-0.39, 0.29) is 5.91 Å². The number of hydrogen-bond acceptors (Lipinski definition) is 3. The van der Waals surface area contributed by atoms with Gasteiger partial charge in [0.05, 0.1) is 0 Å². The van der Waals surface area contributed by atoms with Gasteiger partial charge in [-0.2, -0.15) is 0 Å². The van der Waals surface area contributed by atoms with Gasteiger partial charge in [-0.05, 0) is 47.0 Å². The predicted octanol–water partition coefficient (Wildman–Crippen LogP) is 1.72. The minimum Gasteiger partial charge on any atom is -0.480 e. The second-order valence-corrected chi connectivity index (χ2v) is 5.09. The van der Waals surface area contributed by atoms with E-state index < -0.39 is 12.0 Å². The number of carbonyl (C=O) groups is 2. The summed E-state index contributed by atoms with van der Waals surface area (Å²) in [6.45, 7) is 0.478. The first kappa shape index (κ1) is 12.9. The Labute approximate surface area is 113 Å². The molecule has 18 heavy (non-hydrogen) atoms. The molecule has 5 nitrogen and oxygen atoms in total. The third-order valence-corrected chi connectivity index (χ3v) is 3.76. The Morgan fingerprint density at radius 3 is 2.78 bits per heavy atom. The maximum absolute atomic E-state index is 12.2. The summed E-state index contributed by atoms with van der Waals surface area (Å²) in [6.07, 6.45) is 1.22. The van der Waals surface area contributed by atoms with Gasteiger partial charge >= 0.3 is 5.97 Å². The Kier molecular flexibility index (Phi) is 3.56. The van der Waals surface area contributed by atoms with Gasteiger partial charge in [-0.1, -0.05) is 0 Å². The molecule has 1 aliphatic rings. The van der Waals surface area contributed by atoms with Crippen LogP contribution in [-0.2, 0) is 4.79 Å². The minimum absolute atomic E-state index is 0.279. The highest BCUT2D eigenvalue weighted by molar-refractivity contribution is 9.10. The average molecular weight is 313 g/mol. The molecule has 1 atom stereocenters. The molecule has 0 spiro atoms. The summed E-state index contributed by atoms with van der Waals surface area (Å²) in [6, 6.07) is 4.17. The van der Waals surface area contributed by atoms with Crippen LogP contribution >= 0.6 is 15.9 Å². The standard InChI is InChI=1S/C12H13BrN2O3/c13-8-4-3-7(6-9(8)14)11(16)15-5-1-2-10(15)12(17)18/h3-4,6,10H,1-2,5,14H2,(H,17,18)/t10-/m1/s1. The smallest absolute Gasteiger partial charge is 0.326 e. The van der Waals surface area contributed by atoms with E-state index >= 15 is 0 Å². The molecular formula is C12H13BrN2O3. The second kappa shape index (κ2) is 4.97. The number of amides is 1. The molecule has 3 N–H and O–H groups in total. The van der Waals surface area contributed by atoms with E-state index in [4.69, 9.17) is 10.8 Å². The molecule has 0 aliphatic carbocycles. The maximum Gasteiger partial charge on any atom is 0.326 e. The number of likely N-dealkylation sites (tertiary alicyclic amines) is 1. The fourth-order valence-electron chi connectivity index (χ4n) is 2.11. The molecule has 0 bridgehead atoms. The largest absolute Gasteiger partial charge is 0.480 e. The topological polar surface area (TPSA) is 83.6 Å². The zero-order chi connectivity index (χ0) is 13.3. The van der Waals surface area contributed by atoms with E-state index in [0.29, 0.717) is 30.6 Å². The zero-order valence-electron chi connectivity index (χ0n) is 9.60. The summed E-state index contributed by atoms with van der Waals surface area (Å²) in [5, 5.41) is 9.05. The van der Waals surface area contributed by atoms with Crippen LogP contribution < -0.4 is 5.73 Å². The minimum atomic E-state index is -0.953. The SMILES string of the molecule is Nc1cc(C(=O)N2CCC[C@@H]2C(=O)O)ccc1Br. The van der Waals surface area contributed by atoms with Gasteiger partial charge in [-0.3, -0.25) is 4.79 Å². The lowest BCUT2D eigenvalue weighted by atomic mass is 10.1. The van der Waals surface area contributed by atoms with Crippen molar-refractivity contribution in [3.8, 4) is 0 Å². The van der Waals surface area contributed by atoms with E-state index in [1.807, 2.05) is 0 Å². The molecule has 1 fully saturated rings. The normalized spacial score (nSPS) is 18.9. The monoisotopic (exact) mass is 312 g/mol. The quantitative estimate of drug-likeness (QED) is 0.814. The van der Waals surface area contributed by atoms with Crippen LogP contribution in [-0.4, -0.2) is 34.5 Å². The number of nitrogens with two attached hydrogens (primary N) is 1. The van der Waals surface area contributed by atoms with Crippen LogP contribution in [0.4, 0.5) is 5.69 Å². The number of rotatable bonds is 2. The Hall–Kier alpha value is -1.56. The van der Waals surface area contributed by atoms with Crippen LogP contribution in [0.1, 0.15) is 23.2 Å². The van der Waals surface area contributed by atoms with Crippen molar-refractivity contribution in [2.75, 3.05) is 12.3 Å². The molecule has 0 unspecified atom stereocenters. The second-order valence-electron chi connectivity index (χ2n) is 4.23. The van der Waals surface area contributed by atoms with E-state index in [1.54, 1.807) is 18.2 Å². The van der Waals surface area contributed by atoms with Crippen LogP contribution in [0.25, 0.3) is 0 Å². The molecular weight excluding hydrogens is 300 g/mol. The molecule has 1 amide bonds. The summed E-state index contributed by atoms with van der Waals surface area (Å²) in [5.74, 6) is -1.23. The third kappa shape index (κ3) is 2.33. The highest BCUT2D eigenvalue weighted by Crippen LogP contribution is 2.24. The number of carboxylic acids is 1. The summed E-state index contributed by atoms with van der Waals surface area (Å²) < 4.78 is 0.718. The Morgan fingerprint density at radius 2 is 2.17 bits per heavy atom. The number of nitrogens with zero attached hydrogens (tertiary/aromatic N) is 1. The summed E-state index contributed by atoms with van der Waals surface area (Å²) in [5.41, 5.74) is 6.60. The molecule has 0 radical (unpaired) electrons. The Morgan fingerprint density at radius 1 is 1.44 bits per heavy atom. The van der Waals surface area contributed by atoms with Crippen molar-refractivity contribution in [1.29, 1.82) is 0 Å². The molecule has 1 heterocycles. The number of halogens is 1. The molecule has 6 heteroatoms. The van der Waals surface area contributed by atoms with Gasteiger partial charge in [0, 0.05) is 22.3 Å². The number of nitrogen functional groups attached to an aromatic ring is 1. The van der Waals surface area contributed by atoms with Crippen molar-refractivity contribution in [3.05, 3.63) is 28.2 Å². The van der Waals surface area contributed by atoms with Gasteiger partial charge in [0.15, 0.2) is 0 Å². The summed E-state index contributed by atoms with van der Waals surface area (Å²) in [7, 11) is 0. The van der Waals surface area contributed by atoms with Crippen molar-refractivity contribution in [2.45, 2.75) is 18.9 Å². The van der Waals surface area contributed by atoms with E-state index in [2.05, 4.69) is 15.9 Å². The number of benzene rings is 1. The first-order valence-electron chi connectivity index (χ1n) is 5.59. The van der Waals surface area contributed by atoms with Gasteiger partial charge in [0.2, 0.25) is 0 Å². The number of carbonyl (C=O) groups excluding carboxylic acids is 1. The molecule has 96 valence electrons. The van der Waals surface area contributed by atoms with Crippen molar-refractivity contribution >= 4 is 33.5 Å². The highest BCUT2D eigenvalue weighted by atomic mass is 79.9. The number of carboxylic acid groups (broad SMARTS) is 1. The Bertz CT molecular complexity index is 504. The lowest BCUT2D eigenvalue weighted by Gasteiger charge is -2.21. The van der Waals surface area contributed by atoms with Crippen molar-refractivity contribution in [1.82, 2.24) is 4.90 Å². The van der Waals surface area contributed by atoms with E-state index in [9.17, 15) is 9.59 Å². The molecule has 0 saturated carbocycles. The lowest BCUT2D eigenvalue weighted by Crippen LogP contribution is -2.40. The third-order valence-electron chi connectivity index (χ3n) is 3.04. The summed E-state index contributed by atoms with van der Waals surface area (Å²) in [4.78, 5) is 24.7. The average Bonchev–Trinajstić information content (AvgIpc) is 2.81. The van der Waals surface area contributed by atoms with Crippen LogP contribution in [0.3, 0.4) is 0 Å². The highest BCUT2D eigenvalue weighted by Gasteiger charge is 2.34. The predicted molar refractivity (Wildman–Crippen MR) is 70.2 cm³/mol. The first-order chi connectivity index (χ1) is 8.50. The van der Waals surface area contributed by atoms with E-state index in [0.717, 1.165) is 4.47 Å². The Balaban J connectivity index is 2.25. The maximum atomic E-state index is 12.2. The van der Waals surface area contributed by atoms with Crippen LogP contribution in [0, 0.1) is 0 Å². The fraction of sp³-hybridized carbons (Fsp3) is 0.333. The molecule has 0 aromatic heterocycles. The molecule has 1 saturated heterocycles. The van der Waals surface area contributed by atoms with Crippen LogP contribution in [0.5, 0.6) is 0 Å². The van der Waals surface area contributed by atoms with Gasteiger partial charge < -0.3 is 15.7 Å². The summed E-state index contributed by atoms with van der Waals surface area (Å²) >= 11 is 3.25. The zero-order valence-corrected chi connectivity index (χ0v) is 11.2. The van der Waals surface area contributed by atoms with Gasteiger partial charge in [0.25, 0.3) is 5.91 Å². The molecule has 2 rings (SSSR count). The van der Waals surface area contributed by atoms with Crippen molar-refractivity contribution < 1.29 is 14.7 Å². The number of aliphatic carboxylic acids is 1. The lowest BCUT2D eigenvalue weighted by molar-refractivity contribution is -0.141. The van der Waals surface area contributed by atoms with Gasteiger partial charge in [-0.15, -0.1) is 0 Å². The number of hydrogen-bond donors (Lipinski definition) is 2. The molecule has 1 aliphatic heterocycles. The van der Waals surface area contributed by atoms with Gasteiger partial charge in [0.1, 0.15) is 6.04 Å². The van der Waals surface area contributed by atoms with Crippen molar-refractivity contribution in [3.63, 3.8) is 0 Å². The molecule has 1 aromatic rings. The van der Waals surface area contributed by atoms with Crippen molar-refractivity contribution in [2.24, 2.45) is 0 Å². The van der Waals surface area contributed by atoms with Crippen LogP contribution in [0.2, 0.25) is 0 Å². The van der Waals surface area contributed by atoms with Crippen LogP contribution in [0.15, 0.2) is 22.7 Å². The fourth-order valence-corrected chi connectivity index (χ4v) is 2.36. The first-order valence-corrected chi connectivity index (χ1v) is 6.39. The van der Waals surface area contributed by atoms with Gasteiger partial charge in [-0.25, -0.2) is 4.79 Å². The molecule has 1 aromatic carbocycles.